The highest BCUT2D eigenvalue weighted by Gasteiger charge is 2.73. The Kier molecular flexibility index (Phi) is 6.26. The van der Waals surface area contributed by atoms with Crippen molar-refractivity contribution in [2.24, 2.45) is 10.8 Å². The lowest BCUT2D eigenvalue weighted by Crippen LogP contribution is -2.71. The molecule has 9 heteroatoms. The molecule has 3 aromatic rings. The fourth-order valence-electron chi connectivity index (χ4n) is 8.00. The molecule has 222 valence electrons. The topological polar surface area (TPSA) is 68.5 Å². The average Bonchev–Trinajstić information content (AvgIpc) is 3.47. The van der Waals surface area contributed by atoms with Crippen LogP contribution in [-0.2, 0) is 10.2 Å². The molecule has 0 saturated heterocycles. The molecule has 4 bridgehead atoms. The Morgan fingerprint density at radius 1 is 0.976 bits per heavy atom. The van der Waals surface area contributed by atoms with Crippen LogP contribution in [-0.4, -0.2) is 34.9 Å². The number of halogens is 3. The van der Waals surface area contributed by atoms with Gasteiger partial charge < -0.3 is 14.2 Å². The van der Waals surface area contributed by atoms with Crippen LogP contribution in [0.5, 0.6) is 5.75 Å². The monoisotopic (exact) mass is 579 g/mol. The Balaban J connectivity index is 1.15. The molecule has 6 saturated carbocycles. The van der Waals surface area contributed by atoms with Gasteiger partial charge in [0.2, 0.25) is 11.8 Å². The number of hydrogen-bond donors (Lipinski definition) is 0. The average molecular weight is 580 g/mol. The van der Waals surface area contributed by atoms with E-state index in [4.69, 9.17) is 9.51 Å². The van der Waals surface area contributed by atoms with Crippen LogP contribution in [0.4, 0.5) is 18.9 Å². The van der Waals surface area contributed by atoms with E-state index in [0.29, 0.717) is 31.7 Å². The maximum Gasteiger partial charge on any atom is 0.387 e. The number of nitrogens with zero attached hydrogens (tertiary/aromatic N) is 3. The van der Waals surface area contributed by atoms with Crippen molar-refractivity contribution in [2.75, 3.05) is 11.4 Å². The van der Waals surface area contributed by atoms with Crippen molar-refractivity contribution >= 4 is 11.6 Å². The van der Waals surface area contributed by atoms with Gasteiger partial charge in [0.15, 0.2) is 5.82 Å². The maximum absolute atomic E-state index is 14.6. The van der Waals surface area contributed by atoms with Crippen LogP contribution in [0, 0.1) is 10.8 Å². The van der Waals surface area contributed by atoms with Crippen LogP contribution in [0.3, 0.4) is 0 Å². The summed E-state index contributed by atoms with van der Waals surface area (Å²) in [5, 5.41) is 4.38. The fraction of sp³-hybridized carbons (Fsp3) is 0.545. The van der Waals surface area contributed by atoms with Gasteiger partial charge in [-0.15, -0.1) is 0 Å². The Morgan fingerprint density at radius 2 is 1.64 bits per heavy atom. The van der Waals surface area contributed by atoms with Crippen LogP contribution < -0.4 is 9.64 Å². The molecule has 9 rings (SSSR count). The first-order valence-electron chi connectivity index (χ1n) is 15.0. The number of carbonyl (C=O) groups is 1. The van der Waals surface area contributed by atoms with Crippen molar-refractivity contribution in [2.45, 2.75) is 95.2 Å². The lowest BCUT2D eigenvalue weighted by molar-refractivity contribution is -0.211. The Hall–Kier alpha value is -3.36. The fourth-order valence-corrected chi connectivity index (χ4v) is 8.00. The van der Waals surface area contributed by atoms with Gasteiger partial charge in [0, 0.05) is 23.6 Å². The molecule has 2 aromatic carbocycles. The van der Waals surface area contributed by atoms with E-state index in [2.05, 4.69) is 23.7 Å². The summed E-state index contributed by atoms with van der Waals surface area (Å²) < 4.78 is 49.8. The molecular formula is C33H36F3N3O3. The van der Waals surface area contributed by atoms with Crippen molar-refractivity contribution in [1.82, 2.24) is 10.1 Å². The summed E-state index contributed by atoms with van der Waals surface area (Å²) in [4.78, 5) is 20.8. The first-order chi connectivity index (χ1) is 20.0. The molecule has 1 heterocycles. The zero-order valence-electron chi connectivity index (χ0n) is 24.0. The van der Waals surface area contributed by atoms with Crippen LogP contribution in [0.25, 0.3) is 11.1 Å². The molecule has 1 aromatic heterocycles. The van der Waals surface area contributed by atoms with Gasteiger partial charge in [-0.2, -0.15) is 13.8 Å². The second-order valence-corrected chi connectivity index (χ2v) is 13.7. The standard InChI is InChI=1S/C33H36F3N3O3/c1-21(2)26-37-27(38-42-26)31-13-10-30(11-14-31,12-15-31)20-39(28(40)32-17-33(36,18-32)19-32)24-5-3-4-23(16-24)22-6-8-25(9-7-22)41-29(34)35/h3-9,16,21,29H,10-15,17-20H2,1-2H3. The van der Waals surface area contributed by atoms with Crippen molar-refractivity contribution in [1.29, 1.82) is 0 Å². The van der Waals surface area contributed by atoms with E-state index in [1.54, 1.807) is 12.1 Å². The number of fused-ring (bicyclic) bond motifs is 3. The number of carbonyl (C=O) groups excluding carboxylic acids is 1. The van der Waals surface area contributed by atoms with Gasteiger partial charge in [0.1, 0.15) is 11.4 Å². The molecule has 0 unspecified atom stereocenters. The molecule has 6 fully saturated rings. The third-order valence-electron chi connectivity index (χ3n) is 10.5. The molecule has 6 aliphatic carbocycles. The zero-order chi connectivity index (χ0) is 29.3. The predicted molar refractivity (Wildman–Crippen MR) is 151 cm³/mol. The highest BCUT2D eigenvalue weighted by Crippen LogP contribution is 2.70. The Labute approximate surface area is 243 Å². The van der Waals surface area contributed by atoms with E-state index < -0.39 is 17.7 Å². The van der Waals surface area contributed by atoms with Crippen LogP contribution >= 0.6 is 0 Å². The molecule has 0 N–H and O–H groups in total. The summed E-state index contributed by atoms with van der Waals surface area (Å²) in [5.74, 6) is 1.81. The van der Waals surface area contributed by atoms with Crippen molar-refractivity contribution in [3.05, 3.63) is 60.2 Å². The normalized spacial score (nSPS) is 31.1. The van der Waals surface area contributed by atoms with Crippen LogP contribution in [0.15, 0.2) is 53.1 Å². The SMILES string of the molecule is CC(C)c1nc(C23CCC(CN(C(=O)C45CC(F)(C4)C5)c4cccc(-c5ccc(OC(F)F)cc5)c4)(CC2)CC3)no1. The lowest BCUT2D eigenvalue weighted by atomic mass is 9.41. The number of benzene rings is 2. The van der Waals surface area contributed by atoms with Gasteiger partial charge in [0.25, 0.3) is 0 Å². The number of anilines is 1. The summed E-state index contributed by atoms with van der Waals surface area (Å²) in [6.07, 6.45) is 6.70. The number of alkyl halides is 3. The zero-order valence-corrected chi connectivity index (χ0v) is 24.0. The van der Waals surface area contributed by atoms with E-state index in [9.17, 15) is 18.0 Å². The minimum atomic E-state index is -2.88. The number of hydrogen-bond acceptors (Lipinski definition) is 5. The summed E-state index contributed by atoms with van der Waals surface area (Å²) in [7, 11) is 0. The molecule has 0 radical (unpaired) electrons. The van der Waals surface area contributed by atoms with Gasteiger partial charge in [-0.05, 0) is 98.6 Å². The molecule has 6 nitrogen and oxygen atoms in total. The van der Waals surface area contributed by atoms with E-state index in [-0.39, 0.29) is 28.4 Å². The summed E-state index contributed by atoms with van der Waals surface area (Å²) in [6.45, 7) is 1.82. The van der Waals surface area contributed by atoms with Crippen molar-refractivity contribution in [3.63, 3.8) is 0 Å². The first kappa shape index (κ1) is 27.5. The third kappa shape index (κ3) is 4.51. The molecule has 0 spiro atoms. The van der Waals surface area contributed by atoms with E-state index in [1.807, 2.05) is 29.2 Å². The Bertz CT molecular complexity index is 1460. The summed E-state index contributed by atoms with van der Waals surface area (Å²) in [6, 6.07) is 14.3. The second-order valence-electron chi connectivity index (χ2n) is 13.7. The lowest BCUT2D eigenvalue weighted by Gasteiger charge is -2.65. The number of amides is 1. The van der Waals surface area contributed by atoms with Crippen LogP contribution in [0.1, 0.15) is 89.3 Å². The number of rotatable bonds is 9. The number of aromatic nitrogens is 2. The molecule has 1 amide bonds. The number of ether oxygens (including phenoxy) is 1. The quantitative estimate of drug-likeness (QED) is 0.257. The minimum absolute atomic E-state index is 0.0244. The summed E-state index contributed by atoms with van der Waals surface area (Å²) in [5.41, 5.74) is 0.636. The maximum atomic E-state index is 14.6. The van der Waals surface area contributed by atoms with Gasteiger partial charge in [-0.1, -0.05) is 43.3 Å². The van der Waals surface area contributed by atoms with Crippen molar-refractivity contribution in [3.8, 4) is 16.9 Å². The van der Waals surface area contributed by atoms with E-state index >= 15 is 0 Å². The predicted octanol–water partition coefficient (Wildman–Crippen LogP) is 7.98. The van der Waals surface area contributed by atoms with Crippen molar-refractivity contribution < 1.29 is 27.2 Å². The molecular weight excluding hydrogens is 543 g/mol. The van der Waals surface area contributed by atoms with E-state index in [0.717, 1.165) is 61.2 Å². The van der Waals surface area contributed by atoms with Gasteiger partial charge in [-0.3, -0.25) is 4.79 Å². The smallest absolute Gasteiger partial charge is 0.387 e. The molecule has 6 aliphatic rings. The third-order valence-corrected chi connectivity index (χ3v) is 10.5. The van der Waals surface area contributed by atoms with Crippen LogP contribution in [0.2, 0.25) is 0 Å². The van der Waals surface area contributed by atoms with Gasteiger partial charge in [-0.25, -0.2) is 4.39 Å². The first-order valence-corrected chi connectivity index (χ1v) is 15.0. The summed E-state index contributed by atoms with van der Waals surface area (Å²) >= 11 is 0. The molecule has 0 aliphatic heterocycles. The Morgan fingerprint density at radius 3 is 2.21 bits per heavy atom. The van der Waals surface area contributed by atoms with Gasteiger partial charge >= 0.3 is 6.61 Å². The highest BCUT2D eigenvalue weighted by atomic mass is 19.3. The largest absolute Gasteiger partial charge is 0.435 e. The molecule has 42 heavy (non-hydrogen) atoms. The highest BCUT2D eigenvalue weighted by molar-refractivity contribution is 6.00. The van der Waals surface area contributed by atoms with Gasteiger partial charge in [0.05, 0.1) is 5.41 Å². The molecule has 0 atom stereocenters. The minimum Gasteiger partial charge on any atom is -0.435 e. The second kappa shape index (κ2) is 9.58. The van der Waals surface area contributed by atoms with E-state index in [1.165, 1.54) is 12.1 Å².